The number of rotatable bonds is 2. The van der Waals surface area contributed by atoms with E-state index >= 15 is 0 Å². The molecule has 1 aliphatic rings. The van der Waals surface area contributed by atoms with E-state index in [9.17, 15) is 21.6 Å². The van der Waals surface area contributed by atoms with Crippen molar-refractivity contribution in [1.29, 1.82) is 0 Å². The summed E-state index contributed by atoms with van der Waals surface area (Å²) in [5.74, 6) is 0. The third kappa shape index (κ3) is 2.48. The highest BCUT2D eigenvalue weighted by molar-refractivity contribution is 7.87. The standard InChI is InChI=1S/C6H6F3NO3S/c7-6(8,9)14(11,12)13-10-4-2-1-3-5-10/h1-4H,5H2. The Bertz CT molecular complexity index is 357. The highest BCUT2D eigenvalue weighted by Crippen LogP contribution is 2.25. The molecule has 0 aromatic rings. The lowest BCUT2D eigenvalue weighted by Crippen LogP contribution is -2.32. The molecular formula is C6H6F3NO3S. The van der Waals surface area contributed by atoms with Crippen molar-refractivity contribution in [3.63, 3.8) is 0 Å². The van der Waals surface area contributed by atoms with Crippen LogP contribution < -0.4 is 0 Å². The molecular weight excluding hydrogens is 223 g/mol. The molecule has 80 valence electrons. The van der Waals surface area contributed by atoms with Gasteiger partial charge >= 0.3 is 15.6 Å². The zero-order chi connectivity index (χ0) is 10.8. The van der Waals surface area contributed by atoms with Gasteiger partial charge in [-0.05, 0) is 6.08 Å². The molecule has 0 spiro atoms. The van der Waals surface area contributed by atoms with E-state index in [0.29, 0.717) is 5.06 Å². The molecule has 1 heterocycles. The third-order valence-corrected chi connectivity index (χ3v) is 2.22. The summed E-state index contributed by atoms with van der Waals surface area (Å²) in [7, 11) is -5.56. The van der Waals surface area contributed by atoms with Gasteiger partial charge in [0.2, 0.25) is 0 Å². The summed E-state index contributed by atoms with van der Waals surface area (Å²) >= 11 is 0. The molecule has 0 saturated heterocycles. The summed E-state index contributed by atoms with van der Waals surface area (Å²) in [6, 6.07) is 0. The Kier molecular flexibility index (Phi) is 2.86. The number of halogens is 3. The maximum Gasteiger partial charge on any atom is 0.525 e. The van der Waals surface area contributed by atoms with Crippen molar-refractivity contribution < 1.29 is 25.9 Å². The molecule has 0 aliphatic carbocycles. The minimum Gasteiger partial charge on any atom is -0.240 e. The molecule has 0 aromatic heterocycles. The first kappa shape index (κ1) is 11.1. The normalized spacial score (nSPS) is 17.5. The van der Waals surface area contributed by atoms with Crippen LogP contribution in [0.4, 0.5) is 13.2 Å². The fraction of sp³-hybridized carbons (Fsp3) is 0.333. The summed E-state index contributed by atoms with van der Waals surface area (Å²) in [6.07, 6.45) is 5.45. The molecule has 4 nitrogen and oxygen atoms in total. The number of allylic oxidation sites excluding steroid dienone is 2. The average Bonchev–Trinajstić information content (AvgIpc) is 2.03. The van der Waals surface area contributed by atoms with Crippen LogP contribution in [0.15, 0.2) is 24.4 Å². The van der Waals surface area contributed by atoms with E-state index in [1.54, 1.807) is 6.08 Å². The highest BCUT2D eigenvalue weighted by atomic mass is 32.2. The fourth-order valence-corrected chi connectivity index (χ4v) is 1.12. The van der Waals surface area contributed by atoms with Gasteiger partial charge < -0.3 is 0 Å². The van der Waals surface area contributed by atoms with E-state index in [4.69, 9.17) is 0 Å². The Labute approximate surface area is 78.3 Å². The van der Waals surface area contributed by atoms with E-state index in [0.717, 1.165) is 6.20 Å². The van der Waals surface area contributed by atoms with Crippen LogP contribution in [0.25, 0.3) is 0 Å². The molecule has 0 bridgehead atoms. The van der Waals surface area contributed by atoms with E-state index in [1.165, 1.54) is 12.2 Å². The molecule has 1 aliphatic heterocycles. The van der Waals surface area contributed by atoms with Crippen LogP contribution in [0.5, 0.6) is 0 Å². The Morgan fingerprint density at radius 3 is 2.36 bits per heavy atom. The van der Waals surface area contributed by atoms with Crippen LogP contribution >= 0.6 is 0 Å². The van der Waals surface area contributed by atoms with E-state index in [2.05, 4.69) is 4.28 Å². The minimum absolute atomic E-state index is 0.0498. The minimum atomic E-state index is -5.56. The van der Waals surface area contributed by atoms with Gasteiger partial charge in [-0.1, -0.05) is 12.2 Å². The Morgan fingerprint density at radius 1 is 1.29 bits per heavy atom. The second-order valence-electron chi connectivity index (χ2n) is 2.34. The van der Waals surface area contributed by atoms with Crippen molar-refractivity contribution in [3.05, 3.63) is 24.4 Å². The van der Waals surface area contributed by atoms with Gasteiger partial charge in [0.15, 0.2) is 0 Å². The van der Waals surface area contributed by atoms with Crippen molar-refractivity contribution in [2.45, 2.75) is 5.51 Å². The molecule has 0 fully saturated rings. The largest absolute Gasteiger partial charge is 0.525 e. The second-order valence-corrected chi connectivity index (χ2v) is 3.86. The second kappa shape index (κ2) is 3.62. The monoisotopic (exact) mass is 229 g/mol. The topological polar surface area (TPSA) is 46.6 Å². The van der Waals surface area contributed by atoms with Crippen molar-refractivity contribution in [1.82, 2.24) is 5.06 Å². The lowest BCUT2D eigenvalue weighted by atomic mass is 10.4. The van der Waals surface area contributed by atoms with Gasteiger partial charge in [-0.3, -0.25) is 0 Å². The molecule has 0 saturated carbocycles. The van der Waals surface area contributed by atoms with Gasteiger partial charge in [0, 0.05) is 6.20 Å². The molecule has 14 heavy (non-hydrogen) atoms. The molecule has 0 atom stereocenters. The van der Waals surface area contributed by atoms with Gasteiger partial charge in [-0.15, -0.1) is 4.28 Å². The average molecular weight is 229 g/mol. The quantitative estimate of drug-likeness (QED) is 0.666. The number of hydrogen-bond donors (Lipinski definition) is 0. The molecule has 0 N–H and O–H groups in total. The molecule has 0 amide bonds. The fourth-order valence-electron chi connectivity index (χ4n) is 0.673. The smallest absolute Gasteiger partial charge is 0.240 e. The molecule has 0 radical (unpaired) electrons. The first-order valence-electron chi connectivity index (χ1n) is 3.44. The van der Waals surface area contributed by atoms with Gasteiger partial charge in [0.05, 0.1) is 6.54 Å². The molecule has 0 aromatic carbocycles. The van der Waals surface area contributed by atoms with Gasteiger partial charge in [-0.2, -0.15) is 21.6 Å². The Hall–Kier alpha value is -1.02. The Balaban J connectivity index is 2.70. The Morgan fingerprint density at radius 2 is 1.93 bits per heavy atom. The van der Waals surface area contributed by atoms with E-state index < -0.39 is 15.6 Å². The SMILES string of the molecule is O=S(=O)(ON1C=CC=CC1)C(F)(F)F. The number of hydrogen-bond acceptors (Lipinski definition) is 4. The maximum absolute atomic E-state index is 11.8. The van der Waals surface area contributed by atoms with Crippen molar-refractivity contribution in [3.8, 4) is 0 Å². The lowest BCUT2D eigenvalue weighted by Gasteiger charge is -2.19. The predicted molar refractivity (Wildman–Crippen MR) is 41.0 cm³/mol. The van der Waals surface area contributed by atoms with Crippen molar-refractivity contribution in [2.75, 3.05) is 6.54 Å². The number of alkyl halides is 3. The van der Waals surface area contributed by atoms with Gasteiger partial charge in [0.1, 0.15) is 0 Å². The van der Waals surface area contributed by atoms with Crippen LogP contribution in [0.2, 0.25) is 0 Å². The van der Waals surface area contributed by atoms with E-state index in [-0.39, 0.29) is 6.54 Å². The lowest BCUT2D eigenvalue weighted by molar-refractivity contribution is -0.0800. The molecule has 0 unspecified atom stereocenters. The first-order valence-corrected chi connectivity index (χ1v) is 4.84. The summed E-state index contributed by atoms with van der Waals surface area (Å²) in [6.45, 7) is -0.0498. The predicted octanol–water partition coefficient (Wildman–Crippen LogP) is 1.15. The number of hydroxylamine groups is 2. The molecule has 1 rings (SSSR count). The zero-order valence-electron chi connectivity index (χ0n) is 6.73. The highest BCUT2D eigenvalue weighted by Gasteiger charge is 2.48. The van der Waals surface area contributed by atoms with Crippen LogP contribution in [0.3, 0.4) is 0 Å². The summed E-state index contributed by atoms with van der Waals surface area (Å²) in [5, 5.41) is 0.572. The van der Waals surface area contributed by atoms with Crippen molar-refractivity contribution in [2.24, 2.45) is 0 Å². The van der Waals surface area contributed by atoms with Crippen LogP contribution in [0.1, 0.15) is 0 Å². The molecule has 8 heteroatoms. The van der Waals surface area contributed by atoms with Crippen LogP contribution in [-0.4, -0.2) is 25.5 Å². The third-order valence-electron chi connectivity index (χ3n) is 1.26. The van der Waals surface area contributed by atoms with Gasteiger partial charge in [0.25, 0.3) is 0 Å². The van der Waals surface area contributed by atoms with E-state index in [1.807, 2.05) is 0 Å². The van der Waals surface area contributed by atoms with Crippen LogP contribution in [-0.2, 0) is 14.4 Å². The number of nitrogens with zero attached hydrogens (tertiary/aromatic N) is 1. The summed E-state index contributed by atoms with van der Waals surface area (Å²) in [5.41, 5.74) is -5.40. The van der Waals surface area contributed by atoms with Crippen LogP contribution in [0, 0.1) is 0 Å². The summed E-state index contributed by atoms with van der Waals surface area (Å²) < 4.78 is 60.2. The summed E-state index contributed by atoms with van der Waals surface area (Å²) in [4.78, 5) is 0. The van der Waals surface area contributed by atoms with Gasteiger partial charge in [-0.25, -0.2) is 5.06 Å². The van der Waals surface area contributed by atoms with Crippen molar-refractivity contribution >= 4 is 10.1 Å². The zero-order valence-corrected chi connectivity index (χ0v) is 7.55. The first-order chi connectivity index (χ1) is 6.33. The maximum atomic E-state index is 11.8.